The molecule has 2 aromatic rings. The van der Waals surface area contributed by atoms with Crippen molar-refractivity contribution in [1.29, 1.82) is 10.5 Å². The van der Waals surface area contributed by atoms with Crippen LogP contribution in [0.25, 0.3) is 0 Å². The van der Waals surface area contributed by atoms with E-state index < -0.39 is 0 Å². The van der Waals surface area contributed by atoms with E-state index in [1.165, 1.54) is 5.56 Å². The van der Waals surface area contributed by atoms with Crippen molar-refractivity contribution < 1.29 is 4.74 Å². The van der Waals surface area contributed by atoms with Gasteiger partial charge in [0.25, 0.3) is 0 Å². The van der Waals surface area contributed by atoms with E-state index in [2.05, 4.69) is 19.1 Å². The van der Waals surface area contributed by atoms with E-state index in [1.807, 2.05) is 36.4 Å². The smallest absolute Gasteiger partial charge is 0.123 e. The molecule has 2 aromatic carbocycles. The molecule has 22 heavy (non-hydrogen) atoms. The number of ether oxygens (including phenoxy) is 1. The topological polar surface area (TPSA) is 56.8 Å². The second kappa shape index (κ2) is 7.29. The Morgan fingerprint density at radius 2 is 1.91 bits per heavy atom. The molecule has 0 aliphatic rings. The van der Waals surface area contributed by atoms with Crippen molar-refractivity contribution in [1.82, 2.24) is 0 Å². The molecule has 2 rings (SSSR count). The molecule has 0 fully saturated rings. The zero-order valence-corrected chi connectivity index (χ0v) is 12.8. The van der Waals surface area contributed by atoms with Gasteiger partial charge in [-0.05, 0) is 42.2 Å². The lowest BCUT2D eigenvalue weighted by Gasteiger charge is -2.15. The number of nitrogens with zero attached hydrogens (tertiary/aromatic N) is 2. The fraction of sp³-hybridized carbons (Fsp3) is 0.263. The van der Waals surface area contributed by atoms with Crippen LogP contribution in [0.4, 0.5) is 0 Å². The standard InChI is InChI=1S/C19H18N2O/c1-3-14-7-8-19(22-2)18(11-14)17(13-21)10-15-5-4-6-16(9-15)12-20/h4-9,11,17H,3,10H2,1-2H3. The van der Waals surface area contributed by atoms with Crippen molar-refractivity contribution in [3.05, 3.63) is 64.7 Å². The van der Waals surface area contributed by atoms with Crippen LogP contribution in [0.2, 0.25) is 0 Å². The molecule has 0 aliphatic heterocycles. The Hall–Kier alpha value is -2.78. The molecule has 0 saturated carbocycles. The summed E-state index contributed by atoms with van der Waals surface area (Å²) in [7, 11) is 1.62. The van der Waals surface area contributed by atoms with Gasteiger partial charge in [0.1, 0.15) is 5.75 Å². The van der Waals surface area contributed by atoms with Gasteiger partial charge >= 0.3 is 0 Å². The summed E-state index contributed by atoms with van der Waals surface area (Å²) in [6.07, 6.45) is 1.48. The van der Waals surface area contributed by atoms with Gasteiger partial charge in [0.05, 0.1) is 30.7 Å². The Morgan fingerprint density at radius 1 is 1.09 bits per heavy atom. The molecule has 0 bridgehead atoms. The van der Waals surface area contributed by atoms with E-state index in [9.17, 15) is 5.26 Å². The minimum absolute atomic E-state index is 0.296. The summed E-state index contributed by atoms with van der Waals surface area (Å²) < 4.78 is 5.41. The third-order valence-electron chi connectivity index (χ3n) is 3.73. The van der Waals surface area contributed by atoms with Gasteiger partial charge in [-0.1, -0.05) is 31.2 Å². The molecule has 0 heterocycles. The van der Waals surface area contributed by atoms with Crippen molar-refractivity contribution in [2.45, 2.75) is 25.7 Å². The van der Waals surface area contributed by atoms with E-state index in [4.69, 9.17) is 10.00 Å². The molecule has 0 aliphatic carbocycles. The number of aryl methyl sites for hydroxylation is 1. The maximum Gasteiger partial charge on any atom is 0.123 e. The van der Waals surface area contributed by atoms with Gasteiger partial charge < -0.3 is 4.74 Å². The van der Waals surface area contributed by atoms with Crippen LogP contribution in [0, 0.1) is 22.7 Å². The van der Waals surface area contributed by atoms with Gasteiger partial charge in [0.2, 0.25) is 0 Å². The summed E-state index contributed by atoms with van der Waals surface area (Å²) in [4.78, 5) is 0. The first-order valence-corrected chi connectivity index (χ1v) is 7.27. The molecule has 110 valence electrons. The molecule has 3 heteroatoms. The van der Waals surface area contributed by atoms with E-state index in [-0.39, 0.29) is 5.92 Å². The van der Waals surface area contributed by atoms with Crippen LogP contribution in [-0.2, 0) is 12.8 Å². The maximum atomic E-state index is 9.58. The molecule has 0 aromatic heterocycles. The first-order valence-electron chi connectivity index (χ1n) is 7.27. The molecular weight excluding hydrogens is 272 g/mol. The normalized spacial score (nSPS) is 11.3. The van der Waals surface area contributed by atoms with Crippen molar-refractivity contribution in [2.24, 2.45) is 0 Å². The molecule has 0 N–H and O–H groups in total. The summed E-state index contributed by atoms with van der Waals surface area (Å²) in [5.74, 6) is 0.440. The fourth-order valence-corrected chi connectivity index (χ4v) is 2.50. The van der Waals surface area contributed by atoms with Crippen LogP contribution in [0.15, 0.2) is 42.5 Å². The number of hydrogen-bond donors (Lipinski definition) is 0. The molecule has 0 amide bonds. The van der Waals surface area contributed by atoms with E-state index in [1.54, 1.807) is 13.2 Å². The predicted octanol–water partition coefficient (Wildman–Crippen LogP) is 3.98. The Morgan fingerprint density at radius 3 is 2.55 bits per heavy atom. The summed E-state index contributed by atoms with van der Waals surface area (Å²) in [5.41, 5.74) is 3.69. The Kier molecular flexibility index (Phi) is 5.17. The summed E-state index contributed by atoms with van der Waals surface area (Å²) in [5, 5.41) is 18.6. The lowest BCUT2D eigenvalue weighted by molar-refractivity contribution is 0.408. The summed E-state index contributed by atoms with van der Waals surface area (Å²) in [6, 6.07) is 17.9. The maximum absolute atomic E-state index is 9.58. The van der Waals surface area contributed by atoms with Crippen LogP contribution >= 0.6 is 0 Å². The lowest BCUT2D eigenvalue weighted by atomic mass is 9.90. The number of nitriles is 2. The van der Waals surface area contributed by atoms with Crippen molar-refractivity contribution in [3.8, 4) is 17.9 Å². The molecule has 1 atom stereocenters. The van der Waals surface area contributed by atoms with Crippen molar-refractivity contribution in [2.75, 3.05) is 7.11 Å². The number of rotatable bonds is 5. The van der Waals surface area contributed by atoms with Gasteiger partial charge in [0.15, 0.2) is 0 Å². The van der Waals surface area contributed by atoms with Gasteiger partial charge in [-0.25, -0.2) is 0 Å². The highest BCUT2D eigenvalue weighted by atomic mass is 16.5. The van der Waals surface area contributed by atoms with Crippen LogP contribution in [0.1, 0.15) is 35.1 Å². The second-order valence-electron chi connectivity index (χ2n) is 5.13. The minimum atomic E-state index is -0.296. The zero-order chi connectivity index (χ0) is 15.9. The quantitative estimate of drug-likeness (QED) is 0.837. The number of benzene rings is 2. The Balaban J connectivity index is 2.36. The first kappa shape index (κ1) is 15.6. The molecule has 0 saturated heterocycles. The number of methoxy groups -OCH3 is 1. The third-order valence-corrected chi connectivity index (χ3v) is 3.73. The van der Waals surface area contributed by atoms with Crippen LogP contribution in [-0.4, -0.2) is 7.11 Å². The van der Waals surface area contributed by atoms with Gasteiger partial charge in [-0.3, -0.25) is 0 Å². The van der Waals surface area contributed by atoms with E-state index in [0.717, 1.165) is 23.3 Å². The highest BCUT2D eigenvalue weighted by molar-refractivity contribution is 5.44. The highest BCUT2D eigenvalue weighted by Gasteiger charge is 2.17. The monoisotopic (exact) mass is 290 g/mol. The summed E-state index contributed by atoms with van der Waals surface area (Å²) >= 11 is 0. The predicted molar refractivity (Wildman–Crippen MR) is 85.6 cm³/mol. The summed E-state index contributed by atoms with van der Waals surface area (Å²) in [6.45, 7) is 2.09. The van der Waals surface area contributed by atoms with Crippen LogP contribution in [0.5, 0.6) is 5.75 Å². The molecule has 1 unspecified atom stereocenters. The second-order valence-corrected chi connectivity index (χ2v) is 5.13. The fourth-order valence-electron chi connectivity index (χ4n) is 2.50. The molecule has 0 radical (unpaired) electrons. The largest absolute Gasteiger partial charge is 0.496 e. The SMILES string of the molecule is CCc1ccc(OC)c(C(C#N)Cc2cccc(C#N)c2)c1. The van der Waals surface area contributed by atoms with E-state index >= 15 is 0 Å². The molecule has 3 nitrogen and oxygen atoms in total. The zero-order valence-electron chi connectivity index (χ0n) is 12.8. The van der Waals surface area contributed by atoms with Crippen molar-refractivity contribution in [3.63, 3.8) is 0 Å². The molecule has 0 spiro atoms. The van der Waals surface area contributed by atoms with Gasteiger partial charge in [-0.2, -0.15) is 10.5 Å². The Bertz CT molecular complexity index is 738. The minimum Gasteiger partial charge on any atom is -0.496 e. The van der Waals surface area contributed by atoms with Gasteiger partial charge in [-0.15, -0.1) is 0 Å². The van der Waals surface area contributed by atoms with Crippen LogP contribution in [0.3, 0.4) is 0 Å². The highest BCUT2D eigenvalue weighted by Crippen LogP contribution is 2.30. The first-order chi connectivity index (χ1) is 10.7. The van der Waals surface area contributed by atoms with Gasteiger partial charge in [0, 0.05) is 5.56 Å². The average Bonchev–Trinajstić information content (AvgIpc) is 2.59. The van der Waals surface area contributed by atoms with E-state index in [0.29, 0.717) is 12.0 Å². The lowest BCUT2D eigenvalue weighted by Crippen LogP contribution is -2.04. The molecular formula is C19H18N2O. The van der Waals surface area contributed by atoms with Crippen LogP contribution < -0.4 is 4.74 Å². The average molecular weight is 290 g/mol. The van der Waals surface area contributed by atoms with Crippen molar-refractivity contribution >= 4 is 0 Å². The third kappa shape index (κ3) is 3.45. The number of hydrogen-bond acceptors (Lipinski definition) is 3. The Labute approximate surface area is 131 Å².